The number of carboxylic acids is 1. The van der Waals surface area contributed by atoms with E-state index in [1.54, 1.807) is 18.3 Å². The molecule has 2 unspecified atom stereocenters. The lowest BCUT2D eigenvalue weighted by atomic mass is 9.72. The average Bonchev–Trinajstić information content (AvgIpc) is 3.24. The van der Waals surface area contributed by atoms with Crippen LogP contribution < -0.4 is 5.32 Å². The maximum Gasteiger partial charge on any atom is 0.433 e. The topological polar surface area (TPSA) is 108 Å². The van der Waals surface area contributed by atoms with Crippen LogP contribution in [0.15, 0.2) is 36.7 Å². The zero-order valence-corrected chi connectivity index (χ0v) is 19.4. The summed E-state index contributed by atoms with van der Waals surface area (Å²) >= 11 is 7.49. The Kier molecular flexibility index (Phi) is 6.54. The van der Waals surface area contributed by atoms with Crippen molar-refractivity contribution < 1.29 is 28.2 Å². The number of carbonyl (C=O) groups is 1. The molecule has 0 amide bonds. The van der Waals surface area contributed by atoms with Crippen molar-refractivity contribution in [3.63, 3.8) is 0 Å². The Morgan fingerprint density at radius 1 is 1.29 bits per heavy atom. The third-order valence-corrected chi connectivity index (χ3v) is 7.28. The molecule has 1 aromatic carbocycles. The normalized spacial score (nSPS) is 23.0. The molecule has 7 nitrogen and oxygen atoms in total. The van der Waals surface area contributed by atoms with Gasteiger partial charge in [-0.15, -0.1) is 11.3 Å². The van der Waals surface area contributed by atoms with Crippen LogP contribution in [0.4, 0.5) is 24.8 Å². The van der Waals surface area contributed by atoms with E-state index < -0.39 is 29.4 Å². The Labute approximate surface area is 201 Å². The first-order valence-electron chi connectivity index (χ1n) is 10.3. The fourth-order valence-corrected chi connectivity index (χ4v) is 5.41. The molecule has 180 valence electrons. The van der Waals surface area contributed by atoms with Gasteiger partial charge in [-0.3, -0.25) is 4.79 Å². The largest absolute Gasteiger partial charge is 0.481 e. The lowest BCUT2D eigenvalue weighted by molar-refractivity contribution is -0.148. The molecular formula is C22H20ClF3N4O3S. The first-order valence-corrected chi connectivity index (χ1v) is 11.5. The zero-order chi connectivity index (χ0) is 24.7. The number of rotatable bonds is 5. The summed E-state index contributed by atoms with van der Waals surface area (Å²) in [5.41, 5.74) is -1.27. The van der Waals surface area contributed by atoms with Gasteiger partial charge in [0.1, 0.15) is 16.3 Å². The summed E-state index contributed by atoms with van der Waals surface area (Å²) in [6, 6.07) is 5.65. The van der Waals surface area contributed by atoms with Crippen LogP contribution >= 0.6 is 22.9 Å². The van der Waals surface area contributed by atoms with Crippen molar-refractivity contribution in [1.29, 1.82) is 0 Å². The van der Waals surface area contributed by atoms with Crippen LogP contribution in [0, 0.1) is 11.8 Å². The number of aromatic nitrogens is 3. The van der Waals surface area contributed by atoms with E-state index in [1.807, 2.05) is 6.92 Å². The summed E-state index contributed by atoms with van der Waals surface area (Å²) in [5.74, 6) is -1.80. The first kappa shape index (κ1) is 24.4. The van der Waals surface area contributed by atoms with Crippen molar-refractivity contribution in [2.75, 3.05) is 5.32 Å². The van der Waals surface area contributed by atoms with Crippen molar-refractivity contribution in [1.82, 2.24) is 15.0 Å². The quantitative estimate of drug-likeness (QED) is 0.401. The molecule has 1 aliphatic rings. The molecule has 3 aromatic rings. The number of anilines is 2. The maximum atomic E-state index is 12.9. The second kappa shape index (κ2) is 9.12. The summed E-state index contributed by atoms with van der Waals surface area (Å²) in [6.07, 6.45) is -1.08. The second-order valence-electron chi connectivity index (χ2n) is 8.34. The predicted molar refractivity (Wildman–Crippen MR) is 121 cm³/mol. The van der Waals surface area contributed by atoms with E-state index in [1.165, 1.54) is 17.4 Å². The van der Waals surface area contributed by atoms with Gasteiger partial charge in [-0.1, -0.05) is 18.5 Å². The molecule has 1 saturated carbocycles. The van der Waals surface area contributed by atoms with E-state index in [2.05, 4.69) is 20.3 Å². The molecule has 0 saturated heterocycles. The highest BCUT2D eigenvalue weighted by Gasteiger charge is 2.43. The van der Waals surface area contributed by atoms with Crippen molar-refractivity contribution in [2.24, 2.45) is 11.8 Å². The Morgan fingerprint density at radius 3 is 2.74 bits per heavy atom. The Morgan fingerprint density at radius 2 is 2.06 bits per heavy atom. The molecular weight excluding hydrogens is 493 g/mol. The molecule has 12 heteroatoms. The van der Waals surface area contributed by atoms with Gasteiger partial charge in [-0.25, -0.2) is 15.0 Å². The molecule has 3 N–H and O–H groups in total. The number of benzene rings is 1. The number of hydrogen-bond donors (Lipinski definition) is 3. The highest BCUT2D eigenvalue weighted by Crippen LogP contribution is 2.45. The summed E-state index contributed by atoms with van der Waals surface area (Å²) in [6.45, 7) is 1.81. The summed E-state index contributed by atoms with van der Waals surface area (Å²) in [5, 5.41) is 24.1. The number of aliphatic carboxylic acids is 1. The number of thiazole rings is 1. The van der Waals surface area contributed by atoms with Crippen molar-refractivity contribution in [3.05, 3.63) is 52.4 Å². The molecule has 34 heavy (non-hydrogen) atoms. The van der Waals surface area contributed by atoms with Gasteiger partial charge in [0.2, 0.25) is 5.95 Å². The lowest BCUT2D eigenvalue weighted by Gasteiger charge is -2.37. The minimum absolute atomic E-state index is 0.210. The fourth-order valence-electron chi connectivity index (χ4n) is 4.15. The average molecular weight is 513 g/mol. The smallest absolute Gasteiger partial charge is 0.433 e. The van der Waals surface area contributed by atoms with E-state index in [-0.39, 0.29) is 24.7 Å². The minimum atomic E-state index is -4.60. The van der Waals surface area contributed by atoms with Gasteiger partial charge in [0.05, 0.1) is 10.8 Å². The van der Waals surface area contributed by atoms with Crippen LogP contribution in [0.25, 0.3) is 10.4 Å². The fraction of sp³-hybridized carbons (Fsp3) is 0.364. The third kappa shape index (κ3) is 5.16. The van der Waals surface area contributed by atoms with Gasteiger partial charge in [0.15, 0.2) is 0 Å². The third-order valence-electron chi connectivity index (χ3n) is 5.82. The van der Waals surface area contributed by atoms with Gasteiger partial charge in [0.25, 0.3) is 0 Å². The van der Waals surface area contributed by atoms with Crippen LogP contribution in [-0.2, 0) is 16.6 Å². The molecule has 2 heterocycles. The molecule has 2 aromatic heterocycles. The molecule has 1 aliphatic carbocycles. The second-order valence-corrected chi connectivity index (χ2v) is 9.81. The van der Waals surface area contributed by atoms with Crippen molar-refractivity contribution in [2.45, 2.75) is 38.0 Å². The van der Waals surface area contributed by atoms with Gasteiger partial charge < -0.3 is 15.5 Å². The van der Waals surface area contributed by atoms with Crippen LogP contribution in [0.3, 0.4) is 0 Å². The monoisotopic (exact) mass is 512 g/mol. The van der Waals surface area contributed by atoms with Crippen molar-refractivity contribution in [3.8, 4) is 10.4 Å². The van der Waals surface area contributed by atoms with E-state index >= 15 is 0 Å². The number of carboxylic acid groups (broad SMARTS) is 1. The summed E-state index contributed by atoms with van der Waals surface area (Å²) < 4.78 is 38.8. The Balaban J connectivity index is 1.57. The lowest BCUT2D eigenvalue weighted by Crippen LogP contribution is -2.38. The number of nitrogens with one attached hydrogen (secondary N) is 1. The number of alkyl halides is 3. The molecule has 0 aliphatic heterocycles. The number of halogens is 4. The Hall–Kier alpha value is -2.76. The van der Waals surface area contributed by atoms with Crippen LogP contribution in [0.5, 0.6) is 0 Å². The molecule has 0 radical (unpaired) electrons. The molecule has 0 bridgehead atoms. The van der Waals surface area contributed by atoms with Gasteiger partial charge >= 0.3 is 12.1 Å². The van der Waals surface area contributed by atoms with Gasteiger partial charge in [-0.05, 0) is 55.0 Å². The van der Waals surface area contributed by atoms with Gasteiger partial charge in [0, 0.05) is 23.1 Å². The highest BCUT2D eigenvalue weighted by molar-refractivity contribution is 7.15. The SMILES string of the molecule is CC1CC(O)(c2ncc(-c3cc(Cl)cc(Nc4nccc(C(F)(F)F)n4)c3)s2)CC[C@@H]1C(=O)O. The first-order chi connectivity index (χ1) is 15.9. The molecule has 0 spiro atoms. The van der Waals surface area contributed by atoms with E-state index in [0.717, 1.165) is 12.3 Å². The maximum absolute atomic E-state index is 12.9. The van der Waals surface area contributed by atoms with E-state index in [0.29, 0.717) is 32.6 Å². The minimum Gasteiger partial charge on any atom is -0.481 e. The number of aliphatic hydroxyl groups is 1. The number of nitrogens with zero attached hydrogens (tertiary/aromatic N) is 3. The highest BCUT2D eigenvalue weighted by atomic mass is 35.5. The molecule has 1 fully saturated rings. The predicted octanol–water partition coefficient (Wildman–Crippen LogP) is 5.72. The van der Waals surface area contributed by atoms with E-state index in [9.17, 15) is 28.2 Å². The van der Waals surface area contributed by atoms with Crippen LogP contribution in [0.2, 0.25) is 5.02 Å². The standard InChI is InChI=1S/C22H20ClF3N4O3S/c1-11-9-21(33,4-2-15(11)18(31)32)19-28-10-16(34-19)12-6-13(23)8-14(7-12)29-20-27-5-3-17(30-20)22(24,25)26/h3,5-8,10-11,15,33H,2,4,9H2,1H3,(H,31,32)(H,27,29,30)/t11?,15-,21?/m0/s1. The zero-order valence-electron chi connectivity index (χ0n) is 17.8. The Bertz CT molecular complexity index is 1220. The van der Waals surface area contributed by atoms with Crippen LogP contribution in [0.1, 0.15) is 36.9 Å². The van der Waals surface area contributed by atoms with Gasteiger partial charge in [-0.2, -0.15) is 13.2 Å². The molecule has 4 rings (SSSR count). The summed E-state index contributed by atoms with van der Waals surface area (Å²) in [7, 11) is 0. The molecule has 3 atom stereocenters. The summed E-state index contributed by atoms with van der Waals surface area (Å²) in [4.78, 5) is 23.8. The van der Waals surface area contributed by atoms with Crippen LogP contribution in [-0.4, -0.2) is 31.1 Å². The van der Waals surface area contributed by atoms with E-state index in [4.69, 9.17) is 11.6 Å². The number of hydrogen-bond acceptors (Lipinski definition) is 7. The van der Waals surface area contributed by atoms with Crippen molar-refractivity contribution >= 4 is 40.5 Å².